The van der Waals surface area contributed by atoms with E-state index in [0.717, 1.165) is 20.7 Å². The molecule has 0 aliphatic rings. The van der Waals surface area contributed by atoms with E-state index >= 15 is 0 Å². The van der Waals surface area contributed by atoms with Gasteiger partial charge in [0.2, 0.25) is 0 Å². The summed E-state index contributed by atoms with van der Waals surface area (Å²) in [7, 11) is 1.57. The van der Waals surface area contributed by atoms with Crippen LogP contribution in [0.25, 0.3) is 0 Å². The van der Waals surface area contributed by atoms with E-state index in [-0.39, 0.29) is 6.54 Å². The van der Waals surface area contributed by atoms with E-state index in [9.17, 15) is 8.78 Å². The number of nitrogens with one attached hydrogen (secondary N) is 1. The third-order valence-corrected chi connectivity index (χ3v) is 4.00. The fraction of sp³-hybridized carbons (Fsp3) is 0.143. The topological polar surface area (TPSA) is 21.3 Å². The van der Waals surface area contributed by atoms with Gasteiger partial charge in [0.1, 0.15) is 17.4 Å². The normalized spacial score (nSPS) is 10.4. The average molecular weight is 407 g/mol. The number of ether oxygens (including phenoxy) is 1. The van der Waals surface area contributed by atoms with Gasteiger partial charge in [-0.05, 0) is 44.0 Å². The first-order valence-electron chi connectivity index (χ1n) is 5.72. The van der Waals surface area contributed by atoms with E-state index in [4.69, 9.17) is 4.74 Å². The van der Waals surface area contributed by atoms with E-state index in [0.29, 0.717) is 11.3 Å². The van der Waals surface area contributed by atoms with Crippen LogP contribution in [0.1, 0.15) is 5.56 Å². The van der Waals surface area contributed by atoms with Crippen molar-refractivity contribution in [1.82, 2.24) is 0 Å². The number of anilines is 1. The monoisotopic (exact) mass is 405 g/mol. The van der Waals surface area contributed by atoms with Gasteiger partial charge in [0, 0.05) is 28.7 Å². The summed E-state index contributed by atoms with van der Waals surface area (Å²) >= 11 is 6.78. The Labute approximate surface area is 132 Å². The Balaban J connectivity index is 2.18. The average Bonchev–Trinajstić information content (AvgIpc) is 2.39. The molecule has 0 heterocycles. The van der Waals surface area contributed by atoms with Crippen LogP contribution in [-0.4, -0.2) is 7.11 Å². The van der Waals surface area contributed by atoms with Crippen LogP contribution < -0.4 is 10.1 Å². The van der Waals surface area contributed by atoms with E-state index in [2.05, 4.69) is 37.2 Å². The lowest BCUT2D eigenvalue weighted by Gasteiger charge is -2.12. The summed E-state index contributed by atoms with van der Waals surface area (Å²) in [5, 5.41) is 3.08. The molecule has 106 valence electrons. The molecule has 0 aliphatic carbocycles. The second kappa shape index (κ2) is 6.54. The van der Waals surface area contributed by atoms with Crippen molar-refractivity contribution in [2.75, 3.05) is 12.4 Å². The fourth-order valence-corrected chi connectivity index (χ4v) is 2.97. The zero-order valence-electron chi connectivity index (χ0n) is 10.5. The molecule has 6 heteroatoms. The molecule has 0 bridgehead atoms. The van der Waals surface area contributed by atoms with E-state index < -0.39 is 11.6 Å². The maximum Gasteiger partial charge on any atom is 0.135 e. The lowest BCUT2D eigenvalue weighted by atomic mass is 10.2. The van der Waals surface area contributed by atoms with Crippen molar-refractivity contribution in [2.24, 2.45) is 0 Å². The SMILES string of the molecule is COc1cc(NCc2ccc(F)cc2F)c(Br)cc1Br. The quantitative estimate of drug-likeness (QED) is 0.761. The predicted octanol–water partition coefficient (Wildman–Crippen LogP) is 5.11. The Morgan fingerprint density at radius 1 is 1.10 bits per heavy atom. The molecule has 2 nitrogen and oxygen atoms in total. The maximum absolute atomic E-state index is 13.5. The Morgan fingerprint density at radius 3 is 2.50 bits per heavy atom. The molecule has 0 aliphatic heterocycles. The Morgan fingerprint density at radius 2 is 1.85 bits per heavy atom. The molecule has 0 saturated heterocycles. The van der Waals surface area contributed by atoms with Gasteiger partial charge in [0.05, 0.1) is 17.3 Å². The summed E-state index contributed by atoms with van der Waals surface area (Å²) in [4.78, 5) is 0. The molecule has 0 spiro atoms. The van der Waals surface area contributed by atoms with E-state index in [1.165, 1.54) is 12.1 Å². The second-order valence-corrected chi connectivity index (χ2v) is 5.76. The minimum Gasteiger partial charge on any atom is -0.495 e. The van der Waals surface area contributed by atoms with Gasteiger partial charge in [0.15, 0.2) is 0 Å². The lowest BCUT2D eigenvalue weighted by Crippen LogP contribution is -2.03. The number of hydrogen-bond acceptors (Lipinski definition) is 2. The van der Waals surface area contributed by atoms with Gasteiger partial charge in [-0.15, -0.1) is 0 Å². The van der Waals surface area contributed by atoms with Crippen LogP contribution in [0.3, 0.4) is 0 Å². The minimum absolute atomic E-state index is 0.246. The predicted molar refractivity (Wildman–Crippen MR) is 82.1 cm³/mol. The third-order valence-electron chi connectivity index (χ3n) is 2.73. The lowest BCUT2D eigenvalue weighted by molar-refractivity contribution is 0.412. The highest BCUT2D eigenvalue weighted by atomic mass is 79.9. The highest BCUT2D eigenvalue weighted by Gasteiger charge is 2.08. The van der Waals surface area contributed by atoms with Crippen LogP contribution in [0.15, 0.2) is 39.3 Å². The van der Waals surface area contributed by atoms with Gasteiger partial charge in [0.25, 0.3) is 0 Å². The summed E-state index contributed by atoms with van der Waals surface area (Å²) < 4.78 is 33.2. The molecule has 0 atom stereocenters. The Kier molecular flexibility index (Phi) is 4.99. The Hall–Kier alpha value is -1.14. The van der Waals surface area contributed by atoms with Crippen LogP contribution >= 0.6 is 31.9 Å². The molecule has 1 N–H and O–H groups in total. The largest absolute Gasteiger partial charge is 0.495 e. The molecule has 2 aromatic carbocycles. The Bertz CT molecular complexity index is 635. The fourth-order valence-electron chi connectivity index (χ4n) is 1.68. The summed E-state index contributed by atoms with van der Waals surface area (Å²) in [6.07, 6.45) is 0. The first-order chi connectivity index (χ1) is 9.51. The summed E-state index contributed by atoms with van der Waals surface area (Å²) in [6.45, 7) is 0.246. The van der Waals surface area contributed by atoms with Crippen LogP contribution in [0.4, 0.5) is 14.5 Å². The van der Waals surface area contributed by atoms with Gasteiger partial charge >= 0.3 is 0 Å². The molecule has 0 unspecified atom stereocenters. The second-order valence-electron chi connectivity index (χ2n) is 4.06. The number of halogens is 4. The zero-order valence-corrected chi connectivity index (χ0v) is 13.7. The molecular formula is C14H11Br2F2NO. The highest BCUT2D eigenvalue weighted by molar-refractivity contribution is 9.11. The molecule has 0 saturated carbocycles. The first-order valence-corrected chi connectivity index (χ1v) is 7.30. The standard InChI is InChI=1S/C14H11Br2F2NO/c1-20-14-6-13(10(15)5-11(14)16)19-7-8-2-3-9(17)4-12(8)18/h2-6,19H,7H2,1H3. The van der Waals surface area contributed by atoms with Crippen LogP contribution in [0.2, 0.25) is 0 Å². The molecule has 2 aromatic rings. The molecule has 20 heavy (non-hydrogen) atoms. The zero-order chi connectivity index (χ0) is 14.7. The molecule has 0 fully saturated rings. The van der Waals surface area contributed by atoms with Crippen molar-refractivity contribution in [3.05, 3.63) is 56.5 Å². The van der Waals surface area contributed by atoms with E-state index in [1.807, 2.05) is 6.07 Å². The van der Waals surface area contributed by atoms with Gasteiger partial charge in [-0.1, -0.05) is 6.07 Å². The van der Waals surface area contributed by atoms with Crippen molar-refractivity contribution in [1.29, 1.82) is 0 Å². The number of hydrogen-bond donors (Lipinski definition) is 1. The molecule has 0 amide bonds. The molecular weight excluding hydrogens is 396 g/mol. The van der Waals surface area contributed by atoms with Crippen LogP contribution in [0, 0.1) is 11.6 Å². The van der Waals surface area contributed by atoms with Gasteiger partial charge in [-0.25, -0.2) is 8.78 Å². The third kappa shape index (κ3) is 3.49. The van der Waals surface area contributed by atoms with Crippen molar-refractivity contribution >= 4 is 37.5 Å². The molecule has 0 radical (unpaired) electrons. The highest BCUT2D eigenvalue weighted by Crippen LogP contribution is 2.34. The number of benzene rings is 2. The van der Waals surface area contributed by atoms with Crippen molar-refractivity contribution in [3.63, 3.8) is 0 Å². The van der Waals surface area contributed by atoms with Crippen molar-refractivity contribution in [2.45, 2.75) is 6.54 Å². The maximum atomic E-state index is 13.5. The summed E-state index contributed by atoms with van der Waals surface area (Å²) in [5.74, 6) is -0.495. The minimum atomic E-state index is -0.585. The van der Waals surface area contributed by atoms with Gasteiger partial charge < -0.3 is 10.1 Å². The summed E-state index contributed by atoms with van der Waals surface area (Å²) in [6, 6.07) is 7.14. The summed E-state index contributed by atoms with van der Waals surface area (Å²) in [5.41, 5.74) is 1.15. The van der Waals surface area contributed by atoms with E-state index in [1.54, 1.807) is 13.2 Å². The molecule has 2 rings (SSSR count). The van der Waals surface area contributed by atoms with Crippen molar-refractivity contribution in [3.8, 4) is 5.75 Å². The van der Waals surface area contributed by atoms with Crippen LogP contribution in [-0.2, 0) is 6.54 Å². The van der Waals surface area contributed by atoms with Crippen molar-refractivity contribution < 1.29 is 13.5 Å². The van der Waals surface area contributed by atoms with Crippen LogP contribution in [0.5, 0.6) is 5.75 Å². The first kappa shape index (κ1) is 15.3. The molecule has 0 aromatic heterocycles. The number of rotatable bonds is 4. The van der Waals surface area contributed by atoms with Gasteiger partial charge in [-0.3, -0.25) is 0 Å². The van der Waals surface area contributed by atoms with Gasteiger partial charge in [-0.2, -0.15) is 0 Å². The number of methoxy groups -OCH3 is 1. The smallest absolute Gasteiger partial charge is 0.135 e.